The summed E-state index contributed by atoms with van der Waals surface area (Å²) < 4.78 is 10.8. The molecule has 1 atom stereocenters. The molecule has 0 aliphatic heterocycles. The average Bonchev–Trinajstić information content (AvgIpc) is 3.65. The molecule has 4 heterocycles. The number of fused-ring (bicyclic) bond motifs is 1. The number of ether oxygens (including phenoxy) is 1. The van der Waals surface area contributed by atoms with Gasteiger partial charge in [-0.05, 0) is 38.0 Å². The van der Waals surface area contributed by atoms with Crippen LogP contribution in [0.3, 0.4) is 0 Å². The van der Waals surface area contributed by atoms with Crippen LogP contribution in [-0.4, -0.2) is 42.8 Å². The zero-order valence-electron chi connectivity index (χ0n) is 21.8. The molecule has 0 spiro atoms. The van der Waals surface area contributed by atoms with E-state index < -0.39 is 0 Å². The molecule has 5 rings (SSSR count). The molecule has 0 aliphatic carbocycles. The summed E-state index contributed by atoms with van der Waals surface area (Å²) in [6, 6.07) is 9.69. The lowest BCUT2D eigenvalue weighted by Gasteiger charge is -2.16. The van der Waals surface area contributed by atoms with Crippen LogP contribution in [0.25, 0.3) is 22.2 Å². The van der Waals surface area contributed by atoms with Crippen molar-refractivity contribution >= 4 is 35.0 Å². The molecule has 0 saturated carbocycles. The second-order valence-electron chi connectivity index (χ2n) is 9.01. The summed E-state index contributed by atoms with van der Waals surface area (Å²) in [5.74, 6) is 2.11. The number of carbonyl (C=O) groups is 1. The van der Waals surface area contributed by atoms with E-state index in [0.717, 1.165) is 65.1 Å². The molecular formula is C28H30ClN7O3. The fourth-order valence-corrected chi connectivity index (χ4v) is 4.37. The maximum Gasteiger partial charge on any atom is 0.263 e. The van der Waals surface area contributed by atoms with Crippen LogP contribution in [0, 0.1) is 6.92 Å². The van der Waals surface area contributed by atoms with E-state index in [2.05, 4.69) is 42.4 Å². The monoisotopic (exact) mass is 547 g/mol. The van der Waals surface area contributed by atoms with Gasteiger partial charge in [0, 0.05) is 41.5 Å². The van der Waals surface area contributed by atoms with Gasteiger partial charge in [0.15, 0.2) is 0 Å². The number of hydrogen-bond acceptors (Lipinski definition) is 9. The Morgan fingerprint density at radius 2 is 1.92 bits per heavy atom. The number of aromatic amines is 1. The Balaban J connectivity index is 0.00000353. The first-order chi connectivity index (χ1) is 18.6. The Morgan fingerprint density at radius 3 is 2.69 bits per heavy atom. The first kappa shape index (κ1) is 27.7. The van der Waals surface area contributed by atoms with Crippen molar-refractivity contribution in [3.05, 3.63) is 78.8 Å². The summed E-state index contributed by atoms with van der Waals surface area (Å²) >= 11 is 0. The van der Waals surface area contributed by atoms with Crippen molar-refractivity contribution in [2.45, 2.75) is 45.1 Å². The van der Waals surface area contributed by atoms with Gasteiger partial charge < -0.3 is 19.5 Å². The van der Waals surface area contributed by atoms with Crippen LogP contribution in [0.15, 0.2) is 65.8 Å². The van der Waals surface area contributed by atoms with E-state index >= 15 is 0 Å². The number of benzene rings is 1. The number of aryl methyl sites for hydroxylation is 1. The van der Waals surface area contributed by atoms with Gasteiger partial charge in [0.2, 0.25) is 11.7 Å². The number of methoxy groups -OCH3 is 1. The summed E-state index contributed by atoms with van der Waals surface area (Å²) in [6.07, 6.45) is 11.8. The zero-order valence-corrected chi connectivity index (χ0v) is 22.6. The molecule has 0 radical (unpaired) electrons. The third kappa shape index (κ3) is 6.77. The Kier molecular flexibility index (Phi) is 9.22. The molecule has 2 N–H and O–H groups in total. The number of carbonyl (C=O) groups excluding carboxylic acids is 1. The van der Waals surface area contributed by atoms with Gasteiger partial charge in [0.25, 0.3) is 5.89 Å². The largest absolute Gasteiger partial charge is 0.496 e. The van der Waals surface area contributed by atoms with E-state index in [4.69, 9.17) is 14.1 Å². The van der Waals surface area contributed by atoms with Crippen LogP contribution in [-0.2, 0) is 0 Å². The maximum atomic E-state index is 12.1. The normalized spacial score (nSPS) is 11.6. The Bertz CT molecular complexity index is 1510. The summed E-state index contributed by atoms with van der Waals surface area (Å²) in [5, 5.41) is 4.42. The molecule has 4 aromatic heterocycles. The first-order valence-electron chi connectivity index (χ1n) is 12.6. The van der Waals surface area contributed by atoms with E-state index in [0.29, 0.717) is 12.4 Å². The number of rotatable bonds is 12. The lowest BCUT2D eigenvalue weighted by Crippen LogP contribution is -2.14. The molecule has 1 unspecified atom stereocenters. The van der Waals surface area contributed by atoms with Crippen molar-refractivity contribution in [3.8, 4) is 17.0 Å². The molecule has 0 fully saturated rings. The Hall–Kier alpha value is -4.31. The second-order valence-corrected chi connectivity index (χ2v) is 9.01. The van der Waals surface area contributed by atoms with Gasteiger partial charge >= 0.3 is 0 Å². The number of halogens is 1. The number of Topliss-reactive ketones (excluding diaryl/α,β-unsaturated/α-hetero) is 1. The summed E-state index contributed by atoms with van der Waals surface area (Å²) in [4.78, 5) is 37.5. The highest BCUT2D eigenvalue weighted by Crippen LogP contribution is 2.34. The van der Waals surface area contributed by atoms with E-state index in [1.54, 1.807) is 25.6 Å². The van der Waals surface area contributed by atoms with Crippen LogP contribution >= 0.6 is 12.4 Å². The summed E-state index contributed by atoms with van der Waals surface area (Å²) in [7, 11) is 1.65. The molecule has 11 heteroatoms. The quantitative estimate of drug-likeness (QED) is 0.140. The average molecular weight is 548 g/mol. The molecular weight excluding hydrogens is 518 g/mol. The first-order valence-corrected chi connectivity index (χ1v) is 12.6. The minimum Gasteiger partial charge on any atom is -0.496 e. The number of anilines is 1. The van der Waals surface area contributed by atoms with Gasteiger partial charge in [-0.25, -0.2) is 19.9 Å². The molecule has 202 valence electrons. The van der Waals surface area contributed by atoms with Crippen LogP contribution in [0.4, 0.5) is 5.95 Å². The lowest BCUT2D eigenvalue weighted by atomic mass is 10.1. The third-order valence-corrected chi connectivity index (χ3v) is 6.30. The highest BCUT2D eigenvalue weighted by molar-refractivity contribution is 5.91. The molecule has 0 amide bonds. The number of nitrogens with one attached hydrogen (secondary N) is 2. The maximum absolute atomic E-state index is 12.1. The number of hydrogen-bond donors (Lipinski definition) is 2. The van der Waals surface area contributed by atoms with Gasteiger partial charge in [-0.1, -0.05) is 18.9 Å². The smallest absolute Gasteiger partial charge is 0.263 e. The topological polar surface area (TPSA) is 132 Å². The molecule has 0 saturated heterocycles. The van der Waals surface area contributed by atoms with Crippen molar-refractivity contribution in [1.29, 1.82) is 0 Å². The van der Waals surface area contributed by atoms with Crippen molar-refractivity contribution in [3.63, 3.8) is 0 Å². The minimum absolute atomic E-state index is 0. The summed E-state index contributed by atoms with van der Waals surface area (Å²) in [5.41, 5.74) is 3.59. The van der Waals surface area contributed by atoms with Crippen molar-refractivity contribution in [2.24, 2.45) is 0 Å². The molecule has 0 bridgehead atoms. The van der Waals surface area contributed by atoms with Crippen molar-refractivity contribution in [1.82, 2.24) is 29.9 Å². The highest BCUT2D eigenvalue weighted by atomic mass is 35.5. The predicted octanol–water partition coefficient (Wildman–Crippen LogP) is 6.13. The van der Waals surface area contributed by atoms with Crippen LogP contribution in [0.2, 0.25) is 0 Å². The molecule has 5 aromatic rings. The lowest BCUT2D eigenvalue weighted by molar-refractivity contribution is 0.0945. The Labute approximate surface area is 232 Å². The third-order valence-electron chi connectivity index (χ3n) is 6.30. The zero-order chi connectivity index (χ0) is 26.3. The molecule has 1 aromatic carbocycles. The van der Waals surface area contributed by atoms with Crippen LogP contribution in [0.5, 0.6) is 5.75 Å². The number of oxazole rings is 1. The van der Waals surface area contributed by atoms with Crippen molar-refractivity contribution in [2.75, 3.05) is 12.4 Å². The van der Waals surface area contributed by atoms with Crippen LogP contribution < -0.4 is 10.1 Å². The van der Waals surface area contributed by atoms with E-state index in [9.17, 15) is 4.79 Å². The number of unbranched alkanes of at least 4 members (excludes halogenated alkanes) is 2. The minimum atomic E-state index is -0.149. The van der Waals surface area contributed by atoms with Crippen LogP contribution in [0.1, 0.15) is 60.3 Å². The van der Waals surface area contributed by atoms with Gasteiger partial charge in [-0.2, -0.15) is 0 Å². The molecule has 10 nitrogen and oxygen atoms in total. The number of ketones is 1. The van der Waals surface area contributed by atoms with E-state index in [1.165, 1.54) is 12.5 Å². The number of aromatic nitrogens is 6. The van der Waals surface area contributed by atoms with Gasteiger partial charge in [-0.3, -0.25) is 9.78 Å². The summed E-state index contributed by atoms with van der Waals surface area (Å²) in [6.45, 7) is 1.97. The van der Waals surface area contributed by atoms with E-state index in [1.807, 2.05) is 25.3 Å². The van der Waals surface area contributed by atoms with Crippen molar-refractivity contribution < 1.29 is 13.9 Å². The second kappa shape index (κ2) is 13.0. The SMILES string of the molecule is COc1cc2nc(C)ccc2cc1-c1cnc(C(CCCCCC(=O)c2ncco2)Nc2ncccn2)[nH]1.Cl. The van der Waals surface area contributed by atoms with Gasteiger partial charge in [-0.15, -0.1) is 12.4 Å². The standard InChI is InChI=1S/C28H29N7O3.ClH/c1-18-9-10-19-15-20(25(37-2)16-22(19)33-18)23-17-32-26(34-23)21(35-28-30-11-6-12-31-28)7-4-3-5-8-24(36)27-29-13-14-38-27;/h6,9-17,21H,3-5,7-8H2,1-2H3,(H,32,34)(H,30,31,35);1H. The Morgan fingerprint density at radius 1 is 1.08 bits per heavy atom. The molecule has 0 aliphatic rings. The fraction of sp³-hybridized carbons (Fsp3) is 0.286. The molecule has 39 heavy (non-hydrogen) atoms. The number of pyridine rings is 1. The van der Waals surface area contributed by atoms with Gasteiger partial charge in [0.05, 0.1) is 36.8 Å². The predicted molar refractivity (Wildman–Crippen MR) is 150 cm³/mol. The fourth-order valence-electron chi connectivity index (χ4n) is 4.37. The van der Waals surface area contributed by atoms with Gasteiger partial charge in [0.1, 0.15) is 17.8 Å². The van der Waals surface area contributed by atoms with E-state index in [-0.39, 0.29) is 30.1 Å². The number of nitrogens with zero attached hydrogens (tertiary/aromatic N) is 5. The number of imidazole rings is 1. The number of H-pyrrole nitrogens is 1. The highest BCUT2D eigenvalue weighted by Gasteiger charge is 2.19.